The molecule has 1 atom stereocenters. The van der Waals surface area contributed by atoms with E-state index >= 15 is 0 Å². The minimum absolute atomic E-state index is 0.173. The van der Waals surface area contributed by atoms with Crippen LogP contribution in [-0.2, 0) is 10.5 Å². The number of thiophene rings is 1. The van der Waals surface area contributed by atoms with Crippen LogP contribution in [0.3, 0.4) is 0 Å². The monoisotopic (exact) mass is 401 g/mol. The second-order valence-electron chi connectivity index (χ2n) is 6.08. The molecule has 1 aliphatic heterocycles. The Bertz CT molecular complexity index is 874. The molecular weight excluding hydrogens is 387 g/mol. The van der Waals surface area contributed by atoms with Crippen LogP contribution in [0.5, 0.6) is 0 Å². The van der Waals surface area contributed by atoms with Crippen LogP contribution in [0.15, 0.2) is 35.2 Å². The Labute approximate surface area is 155 Å². The first-order valence-corrected chi connectivity index (χ1v) is 9.37. The number of carbonyl (C=O) groups excluding carboxylic acids is 2. The van der Waals surface area contributed by atoms with Crippen molar-refractivity contribution in [3.05, 3.63) is 46.3 Å². The Morgan fingerprint density at radius 3 is 2.69 bits per heavy atom. The van der Waals surface area contributed by atoms with Crippen molar-refractivity contribution >= 4 is 39.8 Å². The number of rotatable bonds is 3. The average Bonchev–Trinajstić information content (AvgIpc) is 2.88. The van der Waals surface area contributed by atoms with E-state index < -0.39 is 24.1 Å². The van der Waals surface area contributed by atoms with E-state index in [0.717, 1.165) is 21.8 Å². The molecule has 1 amide bonds. The lowest BCUT2D eigenvalue weighted by atomic mass is 10.0. The Kier molecular flexibility index (Phi) is 4.89. The number of amides is 1. The standard InChI is InChI=1S/C17H14F3NO3S2/c1-16(24,17(18,19)20)7-12(22)21-13-6-9-8-25-11-5-3-2-4-10(11)14(23)15(9)26-13/h2-6,24H,7-8H2,1H3,(H,21,22). The lowest BCUT2D eigenvalue weighted by molar-refractivity contribution is -0.252. The topological polar surface area (TPSA) is 66.4 Å². The number of ketones is 1. The summed E-state index contributed by atoms with van der Waals surface area (Å²) in [6.07, 6.45) is -6.03. The molecular formula is C17H14F3NO3S2. The highest BCUT2D eigenvalue weighted by atomic mass is 32.2. The maximum Gasteiger partial charge on any atom is 0.417 e. The molecule has 0 radical (unpaired) electrons. The largest absolute Gasteiger partial charge is 0.417 e. The van der Waals surface area contributed by atoms with Gasteiger partial charge in [0.15, 0.2) is 5.60 Å². The number of benzene rings is 1. The molecule has 138 valence electrons. The van der Waals surface area contributed by atoms with E-state index in [1.165, 1.54) is 11.8 Å². The van der Waals surface area contributed by atoms with Crippen LogP contribution in [0, 0.1) is 0 Å². The van der Waals surface area contributed by atoms with Crippen molar-refractivity contribution in [2.24, 2.45) is 0 Å². The zero-order valence-corrected chi connectivity index (χ0v) is 15.1. The normalized spacial score (nSPS) is 16.3. The van der Waals surface area contributed by atoms with Crippen molar-refractivity contribution < 1.29 is 27.9 Å². The molecule has 0 saturated heterocycles. The van der Waals surface area contributed by atoms with E-state index in [9.17, 15) is 27.9 Å². The van der Waals surface area contributed by atoms with E-state index in [1.54, 1.807) is 18.2 Å². The summed E-state index contributed by atoms with van der Waals surface area (Å²) in [6, 6.07) is 8.78. The molecule has 0 aliphatic carbocycles. The summed E-state index contributed by atoms with van der Waals surface area (Å²) in [5, 5.41) is 12.0. The molecule has 2 aromatic rings. The quantitative estimate of drug-likeness (QED) is 0.808. The van der Waals surface area contributed by atoms with Gasteiger partial charge in [-0.05, 0) is 30.7 Å². The highest BCUT2D eigenvalue weighted by Gasteiger charge is 2.51. The molecule has 1 aromatic carbocycles. The number of halogens is 3. The summed E-state index contributed by atoms with van der Waals surface area (Å²) in [6.45, 7) is 0.549. The van der Waals surface area contributed by atoms with Crippen LogP contribution in [0.25, 0.3) is 0 Å². The lowest BCUT2D eigenvalue weighted by Gasteiger charge is -2.25. The lowest BCUT2D eigenvalue weighted by Crippen LogP contribution is -2.44. The van der Waals surface area contributed by atoms with Crippen LogP contribution in [0.2, 0.25) is 0 Å². The van der Waals surface area contributed by atoms with Crippen LogP contribution in [0.4, 0.5) is 18.2 Å². The van der Waals surface area contributed by atoms with Gasteiger partial charge in [-0.1, -0.05) is 12.1 Å². The number of fused-ring (bicyclic) bond motifs is 2. The number of alkyl halides is 3. The molecule has 4 nitrogen and oxygen atoms in total. The third-order valence-electron chi connectivity index (χ3n) is 3.91. The third-order valence-corrected chi connectivity index (χ3v) is 6.12. The molecule has 3 rings (SSSR count). The zero-order valence-electron chi connectivity index (χ0n) is 13.5. The van der Waals surface area contributed by atoms with Gasteiger partial charge in [-0.3, -0.25) is 9.59 Å². The first-order chi connectivity index (χ1) is 12.1. The molecule has 1 unspecified atom stereocenters. The molecule has 26 heavy (non-hydrogen) atoms. The SMILES string of the molecule is CC(O)(CC(=O)Nc1cc2c(s1)C(=O)c1ccccc1SC2)C(F)(F)F. The van der Waals surface area contributed by atoms with E-state index in [0.29, 0.717) is 23.1 Å². The Balaban J connectivity index is 1.79. The smallest absolute Gasteiger partial charge is 0.380 e. The minimum atomic E-state index is -4.91. The summed E-state index contributed by atoms with van der Waals surface area (Å²) in [5.41, 5.74) is -1.83. The molecule has 0 fully saturated rings. The predicted molar refractivity (Wildman–Crippen MR) is 93.7 cm³/mol. The number of anilines is 1. The number of aliphatic hydroxyl groups is 1. The maximum atomic E-state index is 12.7. The number of carbonyl (C=O) groups is 2. The van der Waals surface area contributed by atoms with Crippen LogP contribution in [-0.4, -0.2) is 28.6 Å². The van der Waals surface area contributed by atoms with Gasteiger partial charge < -0.3 is 10.4 Å². The highest BCUT2D eigenvalue weighted by Crippen LogP contribution is 2.39. The van der Waals surface area contributed by atoms with Gasteiger partial charge in [-0.2, -0.15) is 13.2 Å². The van der Waals surface area contributed by atoms with Crippen LogP contribution >= 0.6 is 23.1 Å². The molecule has 1 aromatic heterocycles. The van der Waals surface area contributed by atoms with Crippen molar-refractivity contribution in [2.45, 2.75) is 35.8 Å². The first-order valence-electron chi connectivity index (χ1n) is 7.57. The second kappa shape index (κ2) is 6.71. The fourth-order valence-corrected chi connectivity index (χ4v) is 4.61. The number of nitrogens with one attached hydrogen (secondary N) is 1. The van der Waals surface area contributed by atoms with Crippen molar-refractivity contribution in [1.82, 2.24) is 0 Å². The molecule has 9 heteroatoms. The van der Waals surface area contributed by atoms with Crippen molar-refractivity contribution in [3.8, 4) is 0 Å². The second-order valence-corrected chi connectivity index (χ2v) is 8.14. The van der Waals surface area contributed by atoms with Gasteiger partial charge in [0.25, 0.3) is 0 Å². The summed E-state index contributed by atoms with van der Waals surface area (Å²) >= 11 is 2.51. The fourth-order valence-electron chi connectivity index (χ4n) is 2.44. The van der Waals surface area contributed by atoms with Crippen molar-refractivity contribution in [3.63, 3.8) is 0 Å². The summed E-state index contributed by atoms with van der Waals surface area (Å²) in [4.78, 5) is 25.9. The van der Waals surface area contributed by atoms with Crippen LogP contribution in [0.1, 0.15) is 34.1 Å². The summed E-state index contributed by atoms with van der Waals surface area (Å²) in [7, 11) is 0. The van der Waals surface area contributed by atoms with E-state index in [2.05, 4.69) is 5.32 Å². The van der Waals surface area contributed by atoms with Gasteiger partial charge >= 0.3 is 6.18 Å². The predicted octanol–water partition coefficient (Wildman–Crippen LogP) is 4.23. The van der Waals surface area contributed by atoms with Gasteiger partial charge in [0.05, 0.1) is 16.3 Å². The molecule has 0 bridgehead atoms. The summed E-state index contributed by atoms with van der Waals surface area (Å²) < 4.78 is 38.0. The first kappa shape index (κ1) is 18.9. The Morgan fingerprint density at radius 2 is 2.00 bits per heavy atom. The molecule has 1 aliphatic rings. The Morgan fingerprint density at radius 1 is 1.31 bits per heavy atom. The highest BCUT2D eigenvalue weighted by molar-refractivity contribution is 7.98. The Hall–Kier alpha value is -1.84. The number of thioether (sulfide) groups is 1. The third kappa shape index (κ3) is 3.65. The minimum Gasteiger partial charge on any atom is -0.380 e. The van der Waals surface area contributed by atoms with E-state index in [1.807, 2.05) is 12.1 Å². The molecule has 0 saturated carbocycles. The van der Waals surface area contributed by atoms with Crippen LogP contribution < -0.4 is 5.32 Å². The zero-order chi connectivity index (χ0) is 19.1. The van der Waals surface area contributed by atoms with E-state index in [4.69, 9.17) is 0 Å². The average molecular weight is 401 g/mol. The molecule has 2 N–H and O–H groups in total. The van der Waals surface area contributed by atoms with Gasteiger partial charge in [-0.15, -0.1) is 23.1 Å². The van der Waals surface area contributed by atoms with Gasteiger partial charge in [0, 0.05) is 16.2 Å². The maximum absolute atomic E-state index is 12.7. The summed E-state index contributed by atoms with van der Waals surface area (Å²) in [5.74, 6) is -0.623. The van der Waals surface area contributed by atoms with E-state index in [-0.39, 0.29) is 10.8 Å². The molecule has 2 heterocycles. The van der Waals surface area contributed by atoms with Crippen molar-refractivity contribution in [1.29, 1.82) is 0 Å². The fraction of sp³-hybridized carbons (Fsp3) is 0.294. The van der Waals surface area contributed by atoms with Gasteiger partial charge in [-0.25, -0.2) is 0 Å². The van der Waals surface area contributed by atoms with Crippen molar-refractivity contribution in [2.75, 3.05) is 5.32 Å². The number of hydrogen-bond acceptors (Lipinski definition) is 5. The van der Waals surface area contributed by atoms with Gasteiger partial charge in [0.2, 0.25) is 11.7 Å². The molecule has 0 spiro atoms. The number of hydrogen-bond donors (Lipinski definition) is 2. The van der Waals surface area contributed by atoms with Gasteiger partial charge in [0.1, 0.15) is 0 Å².